The number of aromatic hydroxyl groups is 1. The number of ether oxygens (including phenoxy) is 2. The Labute approximate surface area is 179 Å². The number of halogens is 2. The molecule has 0 radical (unpaired) electrons. The number of phenolic OH excluding ortho intramolecular Hbond substituents is 1. The normalized spacial score (nSPS) is 18.9. The molecule has 0 saturated carbocycles. The molecule has 2 aromatic carbocycles. The van der Waals surface area contributed by atoms with E-state index in [9.17, 15) is 18.7 Å². The summed E-state index contributed by atoms with van der Waals surface area (Å²) in [4.78, 5) is 13.5. The van der Waals surface area contributed by atoms with Gasteiger partial charge in [-0.2, -0.15) is 0 Å². The predicted octanol–water partition coefficient (Wildman–Crippen LogP) is 3.90. The van der Waals surface area contributed by atoms with Gasteiger partial charge in [0.1, 0.15) is 34.8 Å². The van der Waals surface area contributed by atoms with E-state index >= 15 is 0 Å². The third kappa shape index (κ3) is 4.58. The maximum atomic E-state index is 14.9. The van der Waals surface area contributed by atoms with E-state index in [1.54, 1.807) is 32.9 Å². The van der Waals surface area contributed by atoms with E-state index in [0.29, 0.717) is 26.1 Å². The molecule has 0 bridgehead atoms. The van der Waals surface area contributed by atoms with Crippen molar-refractivity contribution in [1.29, 1.82) is 0 Å². The van der Waals surface area contributed by atoms with Gasteiger partial charge in [-0.1, -0.05) is 6.07 Å². The van der Waals surface area contributed by atoms with Crippen molar-refractivity contribution in [2.45, 2.75) is 44.9 Å². The number of nitrogens with one attached hydrogen (secondary N) is 1. The highest BCUT2D eigenvalue weighted by molar-refractivity contribution is 5.69. The number of fused-ring (bicyclic) bond motifs is 1. The smallest absolute Gasteiger partial charge is 0.410 e. The Morgan fingerprint density at radius 1 is 1.16 bits per heavy atom. The quantitative estimate of drug-likeness (QED) is 0.770. The molecule has 0 aliphatic carbocycles. The lowest BCUT2D eigenvalue weighted by Crippen LogP contribution is -2.57. The lowest BCUT2D eigenvalue weighted by atomic mass is 9.89. The summed E-state index contributed by atoms with van der Waals surface area (Å²) in [6.07, 6.45) is -0.123. The molecule has 166 valence electrons. The van der Waals surface area contributed by atoms with Crippen LogP contribution in [0.25, 0.3) is 0 Å². The second-order valence-corrected chi connectivity index (χ2v) is 8.95. The zero-order valence-electron chi connectivity index (χ0n) is 17.7. The molecule has 2 aliphatic rings. The zero-order chi connectivity index (χ0) is 22.3. The molecule has 2 aliphatic heterocycles. The highest BCUT2D eigenvalue weighted by Crippen LogP contribution is 2.35. The first kappa shape index (κ1) is 21.4. The summed E-state index contributed by atoms with van der Waals surface area (Å²) in [5.74, 6) is -1.21. The number of benzene rings is 2. The number of hydrogen-bond donors (Lipinski definition) is 2. The molecule has 1 saturated heterocycles. The topological polar surface area (TPSA) is 71.0 Å². The zero-order valence-corrected chi connectivity index (χ0v) is 17.7. The Balaban J connectivity index is 1.46. The van der Waals surface area contributed by atoms with Crippen LogP contribution in [-0.4, -0.2) is 47.4 Å². The largest absolute Gasteiger partial charge is 0.508 e. The lowest BCUT2D eigenvalue weighted by molar-refractivity contribution is -0.0223. The predicted molar refractivity (Wildman–Crippen MR) is 110 cm³/mol. The van der Waals surface area contributed by atoms with E-state index < -0.39 is 29.4 Å². The summed E-state index contributed by atoms with van der Waals surface area (Å²) in [5.41, 5.74) is 0.931. The molecule has 0 spiro atoms. The van der Waals surface area contributed by atoms with E-state index in [0.717, 1.165) is 11.1 Å². The molecule has 1 unspecified atom stereocenters. The molecule has 0 aromatic heterocycles. The number of likely N-dealkylation sites (tertiary alicyclic amines) is 1. The van der Waals surface area contributed by atoms with Gasteiger partial charge in [-0.25, -0.2) is 13.6 Å². The summed E-state index contributed by atoms with van der Waals surface area (Å²) in [6, 6.07) is 6.52. The van der Waals surface area contributed by atoms with Crippen molar-refractivity contribution in [1.82, 2.24) is 10.2 Å². The SMILES string of the molecule is CC(C)(C)OC(=O)N1CC(Oc2cc(F)c(C3NCCc4cc(O)ccc43)c(F)c2)C1. The fourth-order valence-electron chi connectivity index (χ4n) is 3.89. The average molecular weight is 432 g/mol. The van der Waals surface area contributed by atoms with E-state index in [1.165, 1.54) is 23.1 Å². The Kier molecular flexibility index (Phi) is 5.51. The van der Waals surface area contributed by atoms with Crippen molar-refractivity contribution in [3.63, 3.8) is 0 Å². The van der Waals surface area contributed by atoms with Gasteiger partial charge in [-0.05, 0) is 50.5 Å². The number of carbonyl (C=O) groups is 1. The van der Waals surface area contributed by atoms with Crippen molar-refractivity contribution in [2.75, 3.05) is 19.6 Å². The fourth-order valence-corrected chi connectivity index (χ4v) is 3.89. The first-order chi connectivity index (χ1) is 14.6. The van der Waals surface area contributed by atoms with E-state index in [-0.39, 0.29) is 23.2 Å². The summed E-state index contributed by atoms with van der Waals surface area (Å²) < 4.78 is 40.8. The number of hydrogen-bond acceptors (Lipinski definition) is 5. The van der Waals surface area contributed by atoms with Gasteiger partial charge in [-0.3, -0.25) is 0 Å². The van der Waals surface area contributed by atoms with Crippen LogP contribution in [0.1, 0.15) is 43.5 Å². The first-order valence-corrected chi connectivity index (χ1v) is 10.3. The molecule has 4 rings (SSSR count). The minimum absolute atomic E-state index is 0.0781. The fraction of sp³-hybridized carbons (Fsp3) is 0.435. The Morgan fingerprint density at radius 2 is 1.84 bits per heavy atom. The maximum Gasteiger partial charge on any atom is 0.410 e. The van der Waals surface area contributed by atoms with Crippen molar-refractivity contribution in [2.24, 2.45) is 0 Å². The molecular weight excluding hydrogens is 406 g/mol. The minimum atomic E-state index is -0.711. The van der Waals surface area contributed by atoms with Crippen LogP contribution < -0.4 is 10.1 Å². The van der Waals surface area contributed by atoms with Crippen molar-refractivity contribution in [3.05, 3.63) is 58.7 Å². The molecule has 1 amide bonds. The second-order valence-electron chi connectivity index (χ2n) is 8.95. The second kappa shape index (κ2) is 8.00. The van der Waals surface area contributed by atoms with Gasteiger partial charge in [0, 0.05) is 24.2 Å². The van der Waals surface area contributed by atoms with Gasteiger partial charge in [0.2, 0.25) is 0 Å². The van der Waals surface area contributed by atoms with E-state index in [4.69, 9.17) is 9.47 Å². The van der Waals surface area contributed by atoms with Crippen LogP contribution >= 0.6 is 0 Å². The Hall–Kier alpha value is -2.87. The summed E-state index contributed by atoms with van der Waals surface area (Å²) in [5, 5.41) is 12.8. The third-order valence-corrected chi connectivity index (χ3v) is 5.32. The highest BCUT2D eigenvalue weighted by Gasteiger charge is 2.35. The molecule has 8 heteroatoms. The van der Waals surface area contributed by atoms with Gasteiger partial charge < -0.3 is 24.8 Å². The molecule has 31 heavy (non-hydrogen) atoms. The monoisotopic (exact) mass is 432 g/mol. The molecule has 2 N–H and O–H groups in total. The van der Waals surface area contributed by atoms with Crippen molar-refractivity contribution < 1.29 is 28.2 Å². The third-order valence-electron chi connectivity index (χ3n) is 5.32. The van der Waals surface area contributed by atoms with Crippen molar-refractivity contribution >= 4 is 6.09 Å². The van der Waals surface area contributed by atoms with Gasteiger partial charge >= 0.3 is 6.09 Å². The summed E-state index contributed by atoms with van der Waals surface area (Å²) in [7, 11) is 0. The van der Waals surface area contributed by atoms with Crippen LogP contribution in [0.15, 0.2) is 30.3 Å². The van der Waals surface area contributed by atoms with Crippen LogP contribution in [0, 0.1) is 11.6 Å². The number of amides is 1. The summed E-state index contributed by atoms with van der Waals surface area (Å²) >= 11 is 0. The van der Waals surface area contributed by atoms with Gasteiger partial charge in [0.25, 0.3) is 0 Å². The molecular formula is C23H26F2N2O4. The van der Waals surface area contributed by atoms with Crippen LogP contribution in [0.4, 0.5) is 13.6 Å². The van der Waals surface area contributed by atoms with E-state index in [1.807, 2.05) is 0 Å². The van der Waals surface area contributed by atoms with Gasteiger partial charge in [0.05, 0.1) is 19.1 Å². The number of phenols is 1. The highest BCUT2D eigenvalue weighted by atomic mass is 19.1. The van der Waals surface area contributed by atoms with Crippen LogP contribution in [0.5, 0.6) is 11.5 Å². The summed E-state index contributed by atoms with van der Waals surface area (Å²) in [6.45, 7) is 6.49. The number of carbonyl (C=O) groups excluding carboxylic acids is 1. The molecule has 2 heterocycles. The molecule has 2 aromatic rings. The number of rotatable bonds is 3. The molecule has 1 fully saturated rings. The average Bonchev–Trinajstić information content (AvgIpc) is 2.62. The number of nitrogens with zero attached hydrogens (tertiary/aromatic N) is 1. The maximum absolute atomic E-state index is 14.9. The molecule has 6 nitrogen and oxygen atoms in total. The molecule has 1 atom stereocenters. The van der Waals surface area contributed by atoms with Crippen LogP contribution in [-0.2, 0) is 11.2 Å². The standard InChI is InChI=1S/C23H26F2N2O4/c1-23(2,3)31-22(29)27-11-16(12-27)30-15-9-18(24)20(19(25)10-15)21-17-5-4-14(28)8-13(17)6-7-26-21/h4-5,8-10,16,21,26,28H,6-7,11-12H2,1-3H3. The van der Waals surface area contributed by atoms with Crippen molar-refractivity contribution in [3.8, 4) is 11.5 Å². The minimum Gasteiger partial charge on any atom is -0.508 e. The van der Waals surface area contributed by atoms with Gasteiger partial charge in [-0.15, -0.1) is 0 Å². The lowest BCUT2D eigenvalue weighted by Gasteiger charge is -2.39. The van der Waals surface area contributed by atoms with Gasteiger partial charge in [0.15, 0.2) is 0 Å². The van der Waals surface area contributed by atoms with Crippen LogP contribution in [0.3, 0.4) is 0 Å². The van der Waals surface area contributed by atoms with E-state index in [2.05, 4.69) is 5.32 Å². The Morgan fingerprint density at radius 3 is 2.48 bits per heavy atom. The van der Waals surface area contributed by atoms with Crippen LogP contribution in [0.2, 0.25) is 0 Å². The Bertz CT molecular complexity index is 977. The first-order valence-electron chi connectivity index (χ1n) is 10.3.